The van der Waals surface area contributed by atoms with Gasteiger partial charge >= 0.3 is 0 Å². The number of hydrogen-bond donors (Lipinski definition) is 0. The molecule has 2 heteroatoms. The normalized spacial score (nSPS) is 21.2. The first kappa shape index (κ1) is 10.2. The van der Waals surface area contributed by atoms with Crippen LogP contribution >= 0.6 is 0 Å². The first-order valence-corrected chi connectivity index (χ1v) is 4.71. The lowest BCUT2D eigenvalue weighted by atomic mass is 9.75. The molecule has 0 saturated heterocycles. The predicted molar refractivity (Wildman–Crippen MR) is 51.4 cm³/mol. The van der Waals surface area contributed by atoms with Crippen molar-refractivity contribution >= 4 is 11.6 Å². The molecule has 0 heterocycles. The average Bonchev–Trinajstić information content (AvgIpc) is 1.99. The summed E-state index contributed by atoms with van der Waals surface area (Å²) in [6, 6.07) is 0. The zero-order chi connectivity index (χ0) is 10.1. The van der Waals surface area contributed by atoms with Gasteiger partial charge in [-0.05, 0) is 23.5 Å². The maximum atomic E-state index is 11.4. The first-order valence-electron chi connectivity index (χ1n) is 4.71. The Hall–Kier alpha value is -0.920. The van der Waals surface area contributed by atoms with Gasteiger partial charge in [0.25, 0.3) is 0 Å². The van der Waals surface area contributed by atoms with Crippen LogP contribution in [0, 0.1) is 5.41 Å². The van der Waals surface area contributed by atoms with Gasteiger partial charge in [-0.25, -0.2) is 0 Å². The number of ketones is 2. The highest BCUT2D eigenvalue weighted by molar-refractivity contribution is 6.04. The molecule has 0 spiro atoms. The minimum atomic E-state index is -0.0357. The van der Waals surface area contributed by atoms with E-state index in [4.69, 9.17) is 0 Å². The molecule has 13 heavy (non-hydrogen) atoms. The molecule has 0 aromatic rings. The summed E-state index contributed by atoms with van der Waals surface area (Å²) in [6.45, 7) is 5.89. The van der Waals surface area contributed by atoms with Gasteiger partial charge in [0.15, 0.2) is 11.6 Å². The van der Waals surface area contributed by atoms with E-state index < -0.39 is 0 Å². The van der Waals surface area contributed by atoms with Crippen molar-refractivity contribution in [1.29, 1.82) is 0 Å². The molecule has 0 aromatic carbocycles. The molecule has 0 unspecified atom stereocenters. The van der Waals surface area contributed by atoms with Gasteiger partial charge < -0.3 is 0 Å². The molecule has 0 saturated carbocycles. The fraction of sp³-hybridized carbons (Fsp3) is 0.636. The lowest BCUT2D eigenvalue weighted by molar-refractivity contribution is -0.120. The molecule has 1 aliphatic rings. The van der Waals surface area contributed by atoms with Gasteiger partial charge in [0.1, 0.15) is 0 Å². The summed E-state index contributed by atoms with van der Waals surface area (Å²) in [5, 5.41) is 0. The maximum absolute atomic E-state index is 11.4. The van der Waals surface area contributed by atoms with Crippen LogP contribution in [-0.2, 0) is 9.59 Å². The van der Waals surface area contributed by atoms with Crippen LogP contribution in [0.1, 0.15) is 40.0 Å². The summed E-state index contributed by atoms with van der Waals surface area (Å²) in [5.74, 6) is 0.203. The van der Waals surface area contributed by atoms with Gasteiger partial charge in [-0.2, -0.15) is 0 Å². The summed E-state index contributed by atoms with van der Waals surface area (Å²) in [6.07, 6.45) is 3.32. The number of Topliss-reactive ketones (excluding diaryl/α,β-unsaturated/α-hetero) is 1. The number of carbonyl (C=O) groups excluding carboxylic acids is 2. The maximum Gasteiger partial charge on any atom is 0.158 e. The molecule has 0 N–H and O–H groups in total. The SMILES string of the molecule is CCC(=O)C1=CC(=O)CC(C)(C)C1. The highest BCUT2D eigenvalue weighted by Gasteiger charge is 2.29. The topological polar surface area (TPSA) is 34.1 Å². The average molecular weight is 180 g/mol. The van der Waals surface area contributed by atoms with E-state index in [-0.39, 0.29) is 17.0 Å². The largest absolute Gasteiger partial charge is 0.295 e. The fourth-order valence-electron chi connectivity index (χ4n) is 1.75. The highest BCUT2D eigenvalue weighted by Crippen LogP contribution is 2.34. The van der Waals surface area contributed by atoms with E-state index in [1.165, 1.54) is 6.08 Å². The van der Waals surface area contributed by atoms with Crippen LogP contribution in [-0.4, -0.2) is 11.6 Å². The number of allylic oxidation sites excluding steroid dienone is 2. The fourth-order valence-corrected chi connectivity index (χ4v) is 1.75. The zero-order valence-electron chi connectivity index (χ0n) is 8.52. The van der Waals surface area contributed by atoms with Crippen LogP contribution in [0.3, 0.4) is 0 Å². The second-order valence-corrected chi connectivity index (χ2v) is 4.43. The standard InChI is InChI=1S/C11H16O2/c1-4-10(13)8-5-9(12)7-11(2,3)6-8/h5H,4,6-7H2,1-3H3. The number of carbonyl (C=O) groups is 2. The molecule has 0 aromatic heterocycles. The van der Waals surface area contributed by atoms with Gasteiger partial charge in [-0.1, -0.05) is 20.8 Å². The van der Waals surface area contributed by atoms with E-state index in [9.17, 15) is 9.59 Å². The predicted octanol–water partition coefficient (Wildman–Crippen LogP) is 2.28. The van der Waals surface area contributed by atoms with Crippen molar-refractivity contribution < 1.29 is 9.59 Å². The van der Waals surface area contributed by atoms with E-state index in [1.54, 1.807) is 0 Å². The molecule has 1 rings (SSSR count). The smallest absolute Gasteiger partial charge is 0.158 e. The van der Waals surface area contributed by atoms with Crippen molar-refractivity contribution in [3.05, 3.63) is 11.6 Å². The Kier molecular flexibility index (Phi) is 2.69. The molecule has 1 aliphatic carbocycles. The second kappa shape index (κ2) is 3.44. The first-order chi connectivity index (χ1) is 5.94. The van der Waals surface area contributed by atoms with Gasteiger partial charge in [0.2, 0.25) is 0 Å². The monoisotopic (exact) mass is 180 g/mol. The van der Waals surface area contributed by atoms with Crippen molar-refractivity contribution in [1.82, 2.24) is 0 Å². The third-order valence-corrected chi connectivity index (χ3v) is 2.34. The Morgan fingerprint density at radius 1 is 1.46 bits per heavy atom. The zero-order valence-corrected chi connectivity index (χ0v) is 8.52. The molecular weight excluding hydrogens is 164 g/mol. The van der Waals surface area contributed by atoms with Crippen LogP contribution in [0.25, 0.3) is 0 Å². The molecule has 0 atom stereocenters. The van der Waals surface area contributed by atoms with Crippen LogP contribution in [0.5, 0.6) is 0 Å². The molecule has 72 valence electrons. The Morgan fingerprint density at radius 3 is 2.54 bits per heavy atom. The van der Waals surface area contributed by atoms with Crippen LogP contribution in [0.15, 0.2) is 11.6 Å². The van der Waals surface area contributed by atoms with Crippen molar-refractivity contribution in [2.24, 2.45) is 5.41 Å². The molecule has 2 nitrogen and oxygen atoms in total. The lowest BCUT2D eigenvalue weighted by Gasteiger charge is -2.27. The summed E-state index contributed by atoms with van der Waals surface area (Å²) in [7, 11) is 0. The quantitative estimate of drug-likeness (QED) is 0.653. The Labute approximate surface area is 79.0 Å². The number of hydrogen-bond acceptors (Lipinski definition) is 2. The lowest BCUT2D eigenvalue weighted by Crippen LogP contribution is -2.24. The third-order valence-electron chi connectivity index (χ3n) is 2.34. The summed E-state index contributed by atoms with van der Waals surface area (Å²) in [4.78, 5) is 22.7. The van der Waals surface area contributed by atoms with Gasteiger partial charge in [0, 0.05) is 12.8 Å². The minimum Gasteiger partial charge on any atom is -0.295 e. The van der Waals surface area contributed by atoms with Crippen LogP contribution < -0.4 is 0 Å². The van der Waals surface area contributed by atoms with Gasteiger partial charge in [-0.15, -0.1) is 0 Å². The van der Waals surface area contributed by atoms with Gasteiger partial charge in [-0.3, -0.25) is 9.59 Å². The van der Waals surface area contributed by atoms with E-state index in [0.717, 1.165) is 6.42 Å². The molecule has 0 aliphatic heterocycles. The molecule has 0 radical (unpaired) electrons. The summed E-state index contributed by atoms with van der Waals surface area (Å²) >= 11 is 0. The molecular formula is C11H16O2. The summed E-state index contributed by atoms with van der Waals surface area (Å²) < 4.78 is 0. The van der Waals surface area contributed by atoms with Crippen molar-refractivity contribution in [3.63, 3.8) is 0 Å². The molecule has 0 fully saturated rings. The van der Waals surface area contributed by atoms with E-state index in [2.05, 4.69) is 0 Å². The third kappa shape index (κ3) is 2.51. The van der Waals surface area contributed by atoms with Crippen molar-refractivity contribution in [2.75, 3.05) is 0 Å². The van der Waals surface area contributed by atoms with Crippen LogP contribution in [0.2, 0.25) is 0 Å². The second-order valence-electron chi connectivity index (χ2n) is 4.43. The number of rotatable bonds is 2. The highest BCUT2D eigenvalue weighted by atomic mass is 16.1. The van der Waals surface area contributed by atoms with Gasteiger partial charge in [0.05, 0.1) is 0 Å². The van der Waals surface area contributed by atoms with E-state index >= 15 is 0 Å². The molecule has 0 amide bonds. The summed E-state index contributed by atoms with van der Waals surface area (Å²) in [5.41, 5.74) is 0.676. The Morgan fingerprint density at radius 2 is 2.08 bits per heavy atom. The molecule has 0 bridgehead atoms. The Balaban J connectivity index is 2.87. The van der Waals surface area contributed by atoms with Crippen LogP contribution in [0.4, 0.5) is 0 Å². The van der Waals surface area contributed by atoms with Crippen molar-refractivity contribution in [2.45, 2.75) is 40.0 Å². The van der Waals surface area contributed by atoms with E-state index in [0.29, 0.717) is 18.4 Å². The van der Waals surface area contributed by atoms with E-state index in [1.807, 2.05) is 20.8 Å². The minimum absolute atomic E-state index is 0.0357. The van der Waals surface area contributed by atoms with Crippen molar-refractivity contribution in [3.8, 4) is 0 Å². The Bertz CT molecular complexity index is 272.